The summed E-state index contributed by atoms with van der Waals surface area (Å²) in [6.07, 6.45) is 9.25. The molecule has 168 valence electrons. The van der Waals surface area contributed by atoms with Crippen molar-refractivity contribution < 1.29 is 4.74 Å². The van der Waals surface area contributed by atoms with Gasteiger partial charge in [0.2, 0.25) is 0 Å². The van der Waals surface area contributed by atoms with Crippen LogP contribution < -0.4 is 15.6 Å². The number of nitrogens with two attached hydrogens (primary N) is 1. The van der Waals surface area contributed by atoms with Crippen LogP contribution in [0.1, 0.15) is 30.4 Å². The van der Waals surface area contributed by atoms with E-state index in [1.54, 1.807) is 6.21 Å². The zero-order valence-corrected chi connectivity index (χ0v) is 18.8. The van der Waals surface area contributed by atoms with E-state index in [2.05, 4.69) is 56.1 Å². The number of aryl methyl sites for hydroxylation is 1. The highest BCUT2D eigenvalue weighted by atomic mass is 16.5. The molecule has 5 rings (SSSR count). The van der Waals surface area contributed by atoms with Gasteiger partial charge in [0.15, 0.2) is 0 Å². The summed E-state index contributed by atoms with van der Waals surface area (Å²) in [5.74, 6) is 5.70. The number of rotatable bonds is 6. The Morgan fingerprint density at radius 1 is 1.19 bits per heavy atom. The van der Waals surface area contributed by atoms with Gasteiger partial charge in [-0.2, -0.15) is 5.10 Å². The Balaban J connectivity index is 1.17. The van der Waals surface area contributed by atoms with Gasteiger partial charge in [-0.1, -0.05) is 6.07 Å². The van der Waals surface area contributed by atoms with E-state index in [-0.39, 0.29) is 6.10 Å². The second-order valence-electron chi connectivity index (χ2n) is 9.42. The Labute approximate surface area is 190 Å². The third-order valence-electron chi connectivity index (χ3n) is 6.90. The van der Waals surface area contributed by atoms with Crippen molar-refractivity contribution in [2.75, 3.05) is 49.1 Å². The SMILES string of the molecule is Cc1cc(N2CC3(CN(c4cccnc4)C3)C2)ccc1/C(C=NCC1CCCCO1)=N/N. The van der Waals surface area contributed by atoms with Crippen LogP contribution >= 0.6 is 0 Å². The first-order valence-corrected chi connectivity index (χ1v) is 11.6. The number of hydrogen-bond acceptors (Lipinski definition) is 7. The summed E-state index contributed by atoms with van der Waals surface area (Å²) in [5, 5.41) is 4.00. The van der Waals surface area contributed by atoms with Crippen LogP contribution in [0.4, 0.5) is 11.4 Å². The molecular formula is C25H32N6O. The fourth-order valence-corrected chi connectivity index (χ4v) is 5.15. The lowest BCUT2D eigenvalue weighted by Gasteiger charge is -2.61. The molecular weight excluding hydrogens is 400 g/mol. The maximum Gasteiger partial charge on any atom is 0.108 e. The number of aliphatic imine (C=N–C) groups is 1. The summed E-state index contributed by atoms with van der Waals surface area (Å²) in [6, 6.07) is 10.7. The number of anilines is 2. The molecule has 1 aromatic heterocycles. The first-order chi connectivity index (χ1) is 15.7. The smallest absolute Gasteiger partial charge is 0.108 e. The quantitative estimate of drug-likeness (QED) is 0.431. The van der Waals surface area contributed by atoms with Crippen LogP contribution in [0.2, 0.25) is 0 Å². The molecule has 0 aliphatic carbocycles. The summed E-state index contributed by atoms with van der Waals surface area (Å²) >= 11 is 0. The molecule has 3 fully saturated rings. The van der Waals surface area contributed by atoms with E-state index in [0.29, 0.717) is 12.0 Å². The summed E-state index contributed by atoms with van der Waals surface area (Å²) in [7, 11) is 0. The molecule has 1 atom stereocenters. The molecule has 1 aromatic carbocycles. The summed E-state index contributed by atoms with van der Waals surface area (Å²) in [5.41, 5.74) is 5.82. The van der Waals surface area contributed by atoms with Gasteiger partial charge in [-0.15, -0.1) is 0 Å². The molecule has 2 aromatic rings. The van der Waals surface area contributed by atoms with Crippen LogP contribution in [0, 0.1) is 12.3 Å². The second kappa shape index (κ2) is 8.90. The van der Waals surface area contributed by atoms with E-state index in [0.717, 1.165) is 56.9 Å². The van der Waals surface area contributed by atoms with Gasteiger partial charge < -0.3 is 20.4 Å². The van der Waals surface area contributed by atoms with Gasteiger partial charge in [0, 0.05) is 61.9 Å². The highest BCUT2D eigenvalue weighted by Crippen LogP contribution is 2.43. The molecule has 7 nitrogen and oxygen atoms in total. The van der Waals surface area contributed by atoms with Crippen molar-refractivity contribution in [1.29, 1.82) is 0 Å². The van der Waals surface area contributed by atoms with Crippen LogP contribution in [0.25, 0.3) is 0 Å². The van der Waals surface area contributed by atoms with Gasteiger partial charge in [0.25, 0.3) is 0 Å². The van der Waals surface area contributed by atoms with Crippen molar-refractivity contribution >= 4 is 23.3 Å². The minimum Gasteiger partial charge on any atom is -0.376 e. The molecule has 1 spiro atoms. The second-order valence-corrected chi connectivity index (χ2v) is 9.42. The maximum atomic E-state index is 5.75. The number of nitrogens with zero attached hydrogens (tertiary/aromatic N) is 5. The summed E-state index contributed by atoms with van der Waals surface area (Å²) < 4.78 is 5.75. The molecule has 0 amide bonds. The standard InChI is InChI=1S/C25H32N6O/c1-19-11-20(30-15-25(16-30)17-31(18-25)21-5-4-9-27-12-21)7-8-23(19)24(29-26)14-28-13-22-6-2-3-10-32-22/h4-5,7-9,11-12,14,22H,2-3,6,10,13,15-18,26H2,1H3/b28-14?,29-24+. The highest BCUT2D eigenvalue weighted by Gasteiger charge is 2.51. The fourth-order valence-electron chi connectivity index (χ4n) is 5.15. The zero-order chi connectivity index (χ0) is 22.0. The predicted octanol–water partition coefficient (Wildman–Crippen LogP) is 3.02. The van der Waals surface area contributed by atoms with Crippen molar-refractivity contribution in [3.8, 4) is 0 Å². The normalized spacial score (nSPS) is 22.8. The summed E-state index contributed by atoms with van der Waals surface area (Å²) in [4.78, 5) is 13.7. The van der Waals surface area contributed by atoms with Crippen LogP contribution in [0.5, 0.6) is 0 Å². The lowest BCUT2D eigenvalue weighted by atomic mass is 9.72. The Morgan fingerprint density at radius 2 is 2.00 bits per heavy atom. The molecule has 3 aliphatic heterocycles. The number of pyridine rings is 1. The zero-order valence-electron chi connectivity index (χ0n) is 18.8. The molecule has 0 saturated carbocycles. The number of hydrazone groups is 1. The first-order valence-electron chi connectivity index (χ1n) is 11.6. The van der Waals surface area contributed by atoms with E-state index < -0.39 is 0 Å². The molecule has 3 saturated heterocycles. The number of ether oxygens (including phenoxy) is 1. The molecule has 0 radical (unpaired) electrons. The monoisotopic (exact) mass is 432 g/mol. The fraction of sp³-hybridized carbons (Fsp3) is 0.480. The van der Waals surface area contributed by atoms with E-state index in [1.165, 1.54) is 23.4 Å². The van der Waals surface area contributed by atoms with E-state index >= 15 is 0 Å². The van der Waals surface area contributed by atoms with Gasteiger partial charge in [0.05, 0.1) is 24.5 Å². The van der Waals surface area contributed by atoms with Crippen molar-refractivity contribution in [1.82, 2.24) is 4.98 Å². The lowest BCUT2D eigenvalue weighted by molar-refractivity contribution is 0.0226. The minimum absolute atomic E-state index is 0.224. The molecule has 1 unspecified atom stereocenters. The van der Waals surface area contributed by atoms with E-state index in [9.17, 15) is 0 Å². The number of hydrogen-bond donors (Lipinski definition) is 1. The summed E-state index contributed by atoms with van der Waals surface area (Å²) in [6.45, 7) is 8.05. The average Bonchev–Trinajstić information content (AvgIpc) is 2.77. The van der Waals surface area contributed by atoms with Gasteiger partial charge in [0.1, 0.15) is 5.71 Å². The van der Waals surface area contributed by atoms with Crippen molar-refractivity contribution in [2.45, 2.75) is 32.3 Å². The molecule has 3 aliphatic rings. The average molecular weight is 433 g/mol. The van der Waals surface area contributed by atoms with Gasteiger partial charge in [-0.3, -0.25) is 9.98 Å². The third-order valence-corrected chi connectivity index (χ3v) is 6.90. The third kappa shape index (κ3) is 4.21. The van der Waals surface area contributed by atoms with E-state index in [4.69, 9.17) is 10.6 Å². The minimum atomic E-state index is 0.224. The Kier molecular flexibility index (Phi) is 5.83. The number of aromatic nitrogens is 1. The van der Waals surface area contributed by atoms with Crippen LogP contribution in [0.3, 0.4) is 0 Å². The molecule has 32 heavy (non-hydrogen) atoms. The van der Waals surface area contributed by atoms with E-state index in [1.807, 2.05) is 18.5 Å². The van der Waals surface area contributed by atoms with Crippen LogP contribution in [-0.2, 0) is 4.74 Å². The van der Waals surface area contributed by atoms with Crippen molar-refractivity contribution in [3.63, 3.8) is 0 Å². The molecule has 7 heteroatoms. The van der Waals surface area contributed by atoms with Crippen molar-refractivity contribution in [3.05, 3.63) is 53.9 Å². The molecule has 4 heterocycles. The Morgan fingerprint density at radius 3 is 2.66 bits per heavy atom. The Bertz CT molecular complexity index is 985. The predicted molar refractivity (Wildman–Crippen MR) is 130 cm³/mol. The highest BCUT2D eigenvalue weighted by molar-refractivity contribution is 6.38. The topological polar surface area (TPSA) is 79.3 Å². The van der Waals surface area contributed by atoms with Crippen LogP contribution in [0.15, 0.2) is 52.8 Å². The molecule has 2 N–H and O–H groups in total. The van der Waals surface area contributed by atoms with Gasteiger partial charge >= 0.3 is 0 Å². The van der Waals surface area contributed by atoms with Crippen LogP contribution in [-0.4, -0.2) is 62.3 Å². The number of benzene rings is 1. The maximum absolute atomic E-state index is 5.75. The lowest BCUT2D eigenvalue weighted by Crippen LogP contribution is -2.72. The van der Waals surface area contributed by atoms with Gasteiger partial charge in [-0.25, -0.2) is 0 Å². The largest absolute Gasteiger partial charge is 0.376 e. The van der Waals surface area contributed by atoms with Crippen molar-refractivity contribution in [2.24, 2.45) is 21.4 Å². The first kappa shape index (κ1) is 20.9. The molecule has 0 bridgehead atoms. The Hall–Kier alpha value is -2.93. The van der Waals surface area contributed by atoms with Gasteiger partial charge in [-0.05, 0) is 56.0 Å².